The molecule has 1 fully saturated rings. The number of esters is 1. The molecule has 0 amide bonds. The Kier molecular flexibility index (Phi) is 10.3. The van der Waals surface area contributed by atoms with Gasteiger partial charge in [0.05, 0.1) is 11.6 Å². The molecule has 0 saturated carbocycles. The minimum absolute atomic E-state index is 0. The highest BCUT2D eigenvalue weighted by Crippen LogP contribution is 2.17. The molecular weight excluding hydrogens is 419 g/mol. The fourth-order valence-electron chi connectivity index (χ4n) is 3.45. The van der Waals surface area contributed by atoms with Crippen LogP contribution in [0.5, 0.6) is 0 Å². The molecule has 4 nitrogen and oxygen atoms in total. The van der Waals surface area contributed by atoms with E-state index in [1.165, 1.54) is 5.56 Å². The van der Waals surface area contributed by atoms with Gasteiger partial charge in [-0.3, -0.25) is 4.90 Å². The molecule has 1 unspecified atom stereocenters. The second-order valence-corrected chi connectivity index (χ2v) is 7.36. The van der Waals surface area contributed by atoms with E-state index in [-0.39, 0.29) is 42.9 Å². The first-order valence-electron chi connectivity index (χ1n) is 8.97. The van der Waals surface area contributed by atoms with Crippen molar-refractivity contribution >= 4 is 42.4 Å². The van der Waals surface area contributed by atoms with Crippen LogP contribution in [0.2, 0.25) is 5.02 Å². The van der Waals surface area contributed by atoms with Crippen LogP contribution in [-0.2, 0) is 11.2 Å². The quantitative estimate of drug-likeness (QED) is 0.699. The average molecular weight is 446 g/mol. The van der Waals surface area contributed by atoms with Crippen LogP contribution >= 0.6 is 36.4 Å². The van der Waals surface area contributed by atoms with Crippen molar-refractivity contribution in [3.05, 3.63) is 70.7 Å². The zero-order chi connectivity index (χ0) is 18.5. The Morgan fingerprint density at radius 1 is 1.18 bits per heavy atom. The van der Waals surface area contributed by atoms with Crippen LogP contribution < -0.4 is 5.32 Å². The molecule has 1 heterocycles. The molecule has 2 aromatic rings. The molecule has 28 heavy (non-hydrogen) atoms. The van der Waals surface area contributed by atoms with Crippen LogP contribution in [0.4, 0.5) is 0 Å². The number of nitrogens with zero attached hydrogens (tertiary/aromatic N) is 1. The van der Waals surface area contributed by atoms with E-state index in [4.69, 9.17) is 16.3 Å². The highest BCUT2D eigenvalue weighted by molar-refractivity contribution is 6.30. The van der Waals surface area contributed by atoms with Gasteiger partial charge >= 0.3 is 5.97 Å². The molecule has 3 rings (SSSR count). The minimum Gasteiger partial charge on any atom is -0.457 e. The molecule has 1 saturated heterocycles. The molecular formula is C21H27Cl3N2O2. The lowest BCUT2D eigenvalue weighted by atomic mass is 10.00. The van der Waals surface area contributed by atoms with Crippen molar-refractivity contribution in [3.8, 4) is 0 Å². The molecule has 1 aliphatic heterocycles. The van der Waals surface area contributed by atoms with Crippen LogP contribution in [0.1, 0.15) is 22.8 Å². The van der Waals surface area contributed by atoms with Gasteiger partial charge in [-0.2, -0.15) is 0 Å². The number of likely N-dealkylation sites (N-methyl/N-ethyl adjacent to an activating group) is 1. The maximum absolute atomic E-state index is 12.3. The van der Waals surface area contributed by atoms with E-state index in [2.05, 4.69) is 29.4 Å². The van der Waals surface area contributed by atoms with Gasteiger partial charge in [-0.15, -0.1) is 24.8 Å². The van der Waals surface area contributed by atoms with Gasteiger partial charge in [0.1, 0.15) is 6.10 Å². The summed E-state index contributed by atoms with van der Waals surface area (Å²) in [6.45, 7) is 3.65. The summed E-state index contributed by atoms with van der Waals surface area (Å²) in [7, 11) is 2.09. The molecule has 2 aromatic carbocycles. The van der Waals surface area contributed by atoms with Crippen LogP contribution in [0.3, 0.4) is 0 Å². The highest BCUT2D eigenvalue weighted by Gasteiger charge is 2.31. The predicted octanol–water partition coefficient (Wildman–Crippen LogP) is 4.24. The van der Waals surface area contributed by atoms with Gasteiger partial charge in [0, 0.05) is 24.2 Å². The van der Waals surface area contributed by atoms with Gasteiger partial charge in [0.25, 0.3) is 0 Å². The molecule has 7 heteroatoms. The first kappa shape index (κ1) is 24.7. The highest BCUT2D eigenvalue weighted by atomic mass is 35.5. The summed E-state index contributed by atoms with van der Waals surface area (Å²) in [6, 6.07) is 17.7. The predicted molar refractivity (Wildman–Crippen MR) is 119 cm³/mol. The zero-order valence-corrected chi connectivity index (χ0v) is 18.4. The summed E-state index contributed by atoms with van der Waals surface area (Å²) in [5.74, 6) is -0.269. The van der Waals surface area contributed by atoms with Crippen molar-refractivity contribution in [2.75, 3.05) is 20.1 Å². The van der Waals surface area contributed by atoms with Crippen LogP contribution in [0.25, 0.3) is 0 Å². The number of carbonyl (C=O) groups is 1. The van der Waals surface area contributed by atoms with Gasteiger partial charge in [-0.1, -0.05) is 41.9 Å². The number of ether oxygens (including phenoxy) is 1. The number of hydrogen-bond donors (Lipinski definition) is 1. The number of hydrogen-bond acceptors (Lipinski definition) is 4. The maximum atomic E-state index is 12.3. The van der Waals surface area contributed by atoms with Crippen molar-refractivity contribution < 1.29 is 9.53 Å². The third-order valence-electron chi connectivity index (χ3n) is 4.93. The number of benzene rings is 2. The summed E-state index contributed by atoms with van der Waals surface area (Å²) >= 11 is 5.95. The monoisotopic (exact) mass is 444 g/mol. The van der Waals surface area contributed by atoms with Gasteiger partial charge in [0.15, 0.2) is 0 Å². The topological polar surface area (TPSA) is 41.6 Å². The largest absolute Gasteiger partial charge is 0.457 e. The Balaban J connectivity index is 0.00000196. The molecule has 154 valence electrons. The molecule has 1 aliphatic rings. The van der Waals surface area contributed by atoms with Gasteiger partial charge in [-0.25, -0.2) is 4.79 Å². The molecule has 3 atom stereocenters. The van der Waals surface area contributed by atoms with E-state index in [1.807, 2.05) is 37.3 Å². The Labute approximate surface area is 184 Å². The van der Waals surface area contributed by atoms with Crippen LogP contribution in [0, 0.1) is 0 Å². The molecule has 0 aromatic heterocycles. The summed E-state index contributed by atoms with van der Waals surface area (Å²) < 4.78 is 5.68. The number of carbonyl (C=O) groups excluding carboxylic acids is 1. The summed E-state index contributed by atoms with van der Waals surface area (Å²) in [5.41, 5.74) is 1.86. The Bertz CT molecular complexity index is 728. The lowest BCUT2D eigenvalue weighted by Gasteiger charge is -2.40. The van der Waals surface area contributed by atoms with Crippen molar-refractivity contribution in [3.63, 3.8) is 0 Å². The summed E-state index contributed by atoms with van der Waals surface area (Å²) in [6.07, 6.45) is 0.767. The summed E-state index contributed by atoms with van der Waals surface area (Å²) in [4.78, 5) is 14.5. The zero-order valence-electron chi connectivity index (χ0n) is 16.0. The number of halogens is 3. The fourth-order valence-corrected chi connectivity index (χ4v) is 3.57. The van der Waals surface area contributed by atoms with Gasteiger partial charge in [-0.05, 0) is 50.2 Å². The SMILES string of the molecule is CC(OC(=O)c1ccccc1)[C@H]1CN[C@@H](Cc2ccc(Cl)cc2)CN1C.Cl.Cl. The normalized spacial score (nSPS) is 20.4. The van der Waals surface area contributed by atoms with Crippen LogP contribution in [0.15, 0.2) is 54.6 Å². The van der Waals surface area contributed by atoms with E-state index in [9.17, 15) is 4.79 Å². The summed E-state index contributed by atoms with van der Waals surface area (Å²) in [5, 5.41) is 4.35. The Morgan fingerprint density at radius 2 is 1.82 bits per heavy atom. The molecule has 0 aliphatic carbocycles. The van der Waals surface area contributed by atoms with E-state index in [0.29, 0.717) is 11.6 Å². The molecule has 0 spiro atoms. The second kappa shape index (κ2) is 11.6. The number of nitrogens with one attached hydrogen (secondary N) is 1. The van der Waals surface area contributed by atoms with Crippen molar-refractivity contribution in [2.45, 2.75) is 31.5 Å². The van der Waals surface area contributed by atoms with E-state index < -0.39 is 0 Å². The molecule has 0 radical (unpaired) electrons. The standard InChI is InChI=1S/C21H25ClN2O2.2ClH/c1-15(26-21(25)17-6-4-3-5-7-17)20-13-23-19(14-24(20)2)12-16-8-10-18(22)11-9-16;;/h3-11,15,19-20,23H,12-14H2,1-2H3;2*1H/t15?,19-,20+;;/m0../s1. The lowest BCUT2D eigenvalue weighted by molar-refractivity contribution is 0.000324. The Hall–Kier alpha value is -1.30. The number of piperazine rings is 1. The molecule has 0 bridgehead atoms. The van der Waals surface area contributed by atoms with Crippen molar-refractivity contribution in [1.29, 1.82) is 0 Å². The average Bonchev–Trinajstić information content (AvgIpc) is 2.64. The third-order valence-corrected chi connectivity index (χ3v) is 5.18. The fraction of sp³-hybridized carbons (Fsp3) is 0.381. The van der Waals surface area contributed by atoms with Crippen molar-refractivity contribution in [1.82, 2.24) is 10.2 Å². The van der Waals surface area contributed by atoms with E-state index in [1.54, 1.807) is 12.1 Å². The van der Waals surface area contributed by atoms with E-state index >= 15 is 0 Å². The first-order valence-corrected chi connectivity index (χ1v) is 9.35. The van der Waals surface area contributed by atoms with Gasteiger partial charge in [0.2, 0.25) is 0 Å². The maximum Gasteiger partial charge on any atom is 0.338 e. The minimum atomic E-state index is -0.269. The first-order chi connectivity index (χ1) is 12.5. The van der Waals surface area contributed by atoms with E-state index in [0.717, 1.165) is 24.5 Å². The van der Waals surface area contributed by atoms with Crippen LogP contribution in [-0.4, -0.2) is 49.2 Å². The number of rotatable bonds is 5. The third kappa shape index (κ3) is 6.64. The second-order valence-electron chi connectivity index (χ2n) is 6.92. The lowest BCUT2D eigenvalue weighted by Crippen LogP contribution is -2.59. The van der Waals surface area contributed by atoms with Gasteiger partial charge < -0.3 is 10.1 Å². The Morgan fingerprint density at radius 3 is 2.43 bits per heavy atom. The smallest absolute Gasteiger partial charge is 0.338 e. The van der Waals surface area contributed by atoms with Crippen molar-refractivity contribution in [2.24, 2.45) is 0 Å². The molecule has 1 N–H and O–H groups in total.